The van der Waals surface area contributed by atoms with Gasteiger partial charge in [-0.25, -0.2) is 0 Å². The topological polar surface area (TPSA) is 36.4 Å². The number of nitrogens with zero attached hydrogens (tertiary/aromatic N) is 1. The molecule has 0 saturated heterocycles. The lowest BCUT2D eigenvalue weighted by Crippen LogP contribution is -2.37. The first kappa shape index (κ1) is 12.4. The van der Waals surface area contributed by atoms with Crippen LogP contribution in [0.3, 0.4) is 0 Å². The van der Waals surface area contributed by atoms with E-state index < -0.39 is 0 Å². The molecule has 1 saturated carbocycles. The van der Waals surface area contributed by atoms with E-state index in [4.69, 9.17) is 12.2 Å². The molecule has 4 heteroatoms. The SMILES string of the molecule is CC1CCC(=NNC(=S)NC(C)C)CC1. The molecule has 2 N–H and O–H groups in total. The number of nitrogens with one attached hydrogen (secondary N) is 2. The van der Waals surface area contributed by atoms with E-state index in [0.29, 0.717) is 11.2 Å². The summed E-state index contributed by atoms with van der Waals surface area (Å²) in [6, 6.07) is 0.358. The predicted molar refractivity (Wildman–Crippen MR) is 69.1 cm³/mol. The van der Waals surface area contributed by atoms with Gasteiger partial charge >= 0.3 is 0 Å². The zero-order valence-electron chi connectivity index (χ0n) is 9.84. The van der Waals surface area contributed by atoms with Gasteiger partial charge in [-0.1, -0.05) is 6.92 Å². The molecule has 0 atom stereocenters. The Labute approximate surface area is 97.7 Å². The second-order valence-electron chi connectivity index (χ2n) is 4.60. The van der Waals surface area contributed by atoms with Crippen LogP contribution in [0.2, 0.25) is 0 Å². The Morgan fingerprint density at radius 2 is 2.00 bits per heavy atom. The van der Waals surface area contributed by atoms with Crippen molar-refractivity contribution >= 4 is 23.0 Å². The molecule has 0 aliphatic heterocycles. The van der Waals surface area contributed by atoms with Crippen LogP contribution in [-0.4, -0.2) is 16.9 Å². The molecule has 0 aromatic heterocycles. The number of hydrogen-bond donors (Lipinski definition) is 2. The second-order valence-corrected chi connectivity index (χ2v) is 5.01. The van der Waals surface area contributed by atoms with E-state index in [1.54, 1.807) is 0 Å². The molecule has 15 heavy (non-hydrogen) atoms. The Kier molecular flexibility index (Phi) is 5.02. The van der Waals surface area contributed by atoms with Gasteiger partial charge in [-0.05, 0) is 57.7 Å². The van der Waals surface area contributed by atoms with Gasteiger partial charge in [-0.3, -0.25) is 5.43 Å². The molecular formula is C11H21N3S. The molecule has 0 heterocycles. The molecule has 0 spiro atoms. The Morgan fingerprint density at radius 1 is 1.40 bits per heavy atom. The standard InChI is InChI=1S/C11H21N3S/c1-8(2)12-11(15)14-13-10-6-4-9(3)5-7-10/h8-9H,4-7H2,1-3H3,(H2,12,14,15). The lowest BCUT2D eigenvalue weighted by molar-refractivity contribution is 0.482. The number of thiocarbonyl (C=S) groups is 1. The summed E-state index contributed by atoms with van der Waals surface area (Å²) in [4.78, 5) is 0. The fraction of sp³-hybridized carbons (Fsp3) is 0.818. The lowest BCUT2D eigenvalue weighted by atomic mass is 9.90. The summed E-state index contributed by atoms with van der Waals surface area (Å²) in [6.45, 7) is 6.42. The minimum Gasteiger partial charge on any atom is -0.359 e. The van der Waals surface area contributed by atoms with E-state index >= 15 is 0 Å². The van der Waals surface area contributed by atoms with Crippen molar-refractivity contribution in [1.29, 1.82) is 0 Å². The van der Waals surface area contributed by atoms with Crippen molar-refractivity contribution in [3.05, 3.63) is 0 Å². The van der Waals surface area contributed by atoms with Gasteiger partial charge in [-0.15, -0.1) is 0 Å². The van der Waals surface area contributed by atoms with Crippen molar-refractivity contribution in [1.82, 2.24) is 10.7 Å². The Hall–Kier alpha value is -0.640. The third-order valence-electron chi connectivity index (χ3n) is 2.59. The van der Waals surface area contributed by atoms with Crippen LogP contribution in [0.1, 0.15) is 46.5 Å². The zero-order chi connectivity index (χ0) is 11.3. The largest absolute Gasteiger partial charge is 0.359 e. The maximum absolute atomic E-state index is 5.09. The highest BCUT2D eigenvalue weighted by Crippen LogP contribution is 2.20. The van der Waals surface area contributed by atoms with Gasteiger partial charge in [0.2, 0.25) is 0 Å². The highest BCUT2D eigenvalue weighted by molar-refractivity contribution is 7.80. The monoisotopic (exact) mass is 227 g/mol. The second kappa shape index (κ2) is 6.05. The Balaban J connectivity index is 2.28. The average Bonchev–Trinajstić information content (AvgIpc) is 2.16. The van der Waals surface area contributed by atoms with Gasteiger partial charge in [-0.2, -0.15) is 5.10 Å². The highest BCUT2D eigenvalue weighted by Gasteiger charge is 2.13. The third-order valence-corrected chi connectivity index (χ3v) is 2.80. The lowest BCUT2D eigenvalue weighted by Gasteiger charge is -2.19. The summed E-state index contributed by atoms with van der Waals surface area (Å²) >= 11 is 5.09. The number of hydrogen-bond acceptors (Lipinski definition) is 2. The van der Waals surface area contributed by atoms with E-state index in [0.717, 1.165) is 18.8 Å². The molecule has 86 valence electrons. The molecule has 0 amide bonds. The molecule has 1 aliphatic rings. The molecule has 3 nitrogen and oxygen atoms in total. The van der Waals surface area contributed by atoms with E-state index in [-0.39, 0.29) is 0 Å². The molecule has 0 radical (unpaired) electrons. The van der Waals surface area contributed by atoms with Crippen LogP contribution < -0.4 is 10.7 Å². The maximum atomic E-state index is 5.09. The van der Waals surface area contributed by atoms with Gasteiger partial charge in [0.15, 0.2) is 5.11 Å². The van der Waals surface area contributed by atoms with E-state index in [9.17, 15) is 0 Å². The van der Waals surface area contributed by atoms with Crippen LogP contribution in [0.25, 0.3) is 0 Å². The minimum absolute atomic E-state index is 0.358. The van der Waals surface area contributed by atoms with Crippen LogP contribution >= 0.6 is 12.2 Å². The van der Waals surface area contributed by atoms with Gasteiger partial charge in [0.05, 0.1) is 0 Å². The summed E-state index contributed by atoms with van der Waals surface area (Å²) in [5.74, 6) is 0.852. The zero-order valence-corrected chi connectivity index (χ0v) is 10.7. The highest BCUT2D eigenvalue weighted by atomic mass is 32.1. The molecule has 1 fully saturated rings. The van der Waals surface area contributed by atoms with Crippen LogP contribution in [-0.2, 0) is 0 Å². The van der Waals surface area contributed by atoms with Crippen molar-refractivity contribution in [2.45, 2.75) is 52.5 Å². The van der Waals surface area contributed by atoms with Crippen LogP contribution in [0.4, 0.5) is 0 Å². The Morgan fingerprint density at radius 3 is 2.53 bits per heavy atom. The van der Waals surface area contributed by atoms with Gasteiger partial charge in [0.1, 0.15) is 0 Å². The summed E-state index contributed by atoms with van der Waals surface area (Å²) in [5, 5.41) is 8.06. The van der Waals surface area contributed by atoms with E-state index in [1.165, 1.54) is 18.6 Å². The van der Waals surface area contributed by atoms with E-state index in [2.05, 4.69) is 36.6 Å². The molecule has 1 aliphatic carbocycles. The summed E-state index contributed by atoms with van der Waals surface area (Å²) < 4.78 is 0. The molecule has 0 unspecified atom stereocenters. The van der Waals surface area contributed by atoms with Gasteiger partial charge < -0.3 is 5.32 Å². The van der Waals surface area contributed by atoms with Crippen LogP contribution in [0.5, 0.6) is 0 Å². The first-order valence-electron chi connectivity index (χ1n) is 5.70. The maximum Gasteiger partial charge on any atom is 0.187 e. The van der Waals surface area contributed by atoms with E-state index in [1.807, 2.05) is 0 Å². The first-order chi connectivity index (χ1) is 7.08. The quantitative estimate of drug-likeness (QED) is 0.562. The molecule has 1 rings (SSSR count). The van der Waals surface area contributed by atoms with Gasteiger partial charge in [0.25, 0.3) is 0 Å². The molecule has 0 aromatic carbocycles. The summed E-state index contributed by atoms with van der Waals surface area (Å²) in [6.07, 6.45) is 4.73. The summed E-state index contributed by atoms with van der Waals surface area (Å²) in [7, 11) is 0. The molecule has 0 bridgehead atoms. The Bertz CT molecular complexity index is 238. The third kappa shape index (κ3) is 5.11. The average molecular weight is 227 g/mol. The van der Waals surface area contributed by atoms with Crippen molar-refractivity contribution in [2.24, 2.45) is 11.0 Å². The normalized spacial score (nSPS) is 21.3. The van der Waals surface area contributed by atoms with Crippen molar-refractivity contribution < 1.29 is 0 Å². The van der Waals surface area contributed by atoms with Crippen LogP contribution in [0, 0.1) is 5.92 Å². The smallest absolute Gasteiger partial charge is 0.187 e. The van der Waals surface area contributed by atoms with Crippen molar-refractivity contribution in [3.8, 4) is 0 Å². The minimum atomic E-state index is 0.358. The molecule has 0 aromatic rings. The number of hydrazone groups is 1. The van der Waals surface area contributed by atoms with Gasteiger partial charge in [0, 0.05) is 11.8 Å². The molecular weight excluding hydrogens is 206 g/mol. The fourth-order valence-electron chi connectivity index (χ4n) is 1.63. The van der Waals surface area contributed by atoms with Crippen molar-refractivity contribution in [2.75, 3.05) is 0 Å². The fourth-order valence-corrected chi connectivity index (χ4v) is 1.91. The van der Waals surface area contributed by atoms with Crippen molar-refractivity contribution in [3.63, 3.8) is 0 Å². The predicted octanol–water partition coefficient (Wildman–Crippen LogP) is 2.43. The first-order valence-corrected chi connectivity index (χ1v) is 6.10. The summed E-state index contributed by atoms with van der Waals surface area (Å²) in [5.41, 5.74) is 4.16. The van der Waals surface area contributed by atoms with Crippen LogP contribution in [0.15, 0.2) is 5.10 Å². The number of rotatable bonds is 2.